The minimum atomic E-state index is 0.00482. The smallest absolute Gasteiger partial charge is 0.169 e. The number of hydrogen-bond donors (Lipinski definition) is 0. The first kappa shape index (κ1) is 15.8. The van der Waals surface area contributed by atoms with Crippen LogP contribution in [-0.2, 0) is 4.74 Å². The summed E-state index contributed by atoms with van der Waals surface area (Å²) in [7, 11) is 1.64. The zero-order valence-corrected chi connectivity index (χ0v) is 13.9. The fourth-order valence-corrected chi connectivity index (χ4v) is 3.86. The Kier molecular flexibility index (Phi) is 4.71. The maximum absolute atomic E-state index is 12.9. The summed E-state index contributed by atoms with van der Waals surface area (Å²) in [5.74, 6) is 1.20. The van der Waals surface area contributed by atoms with Gasteiger partial charge in [-0.3, -0.25) is 9.69 Å². The van der Waals surface area contributed by atoms with Gasteiger partial charge in [0.2, 0.25) is 0 Å². The normalized spacial score (nSPS) is 25.9. The Hall–Kier alpha value is -1.10. The van der Waals surface area contributed by atoms with E-state index in [2.05, 4.69) is 11.8 Å². The van der Waals surface area contributed by atoms with E-state index in [1.165, 1.54) is 0 Å². The van der Waals surface area contributed by atoms with Gasteiger partial charge < -0.3 is 9.47 Å². The number of morpholine rings is 1. The molecule has 5 heteroatoms. The number of fused-ring (bicyclic) bond motifs is 1. The number of hydrogen-bond acceptors (Lipinski definition) is 4. The van der Waals surface area contributed by atoms with Crippen molar-refractivity contribution in [2.24, 2.45) is 5.92 Å². The number of methoxy groups -OCH3 is 1. The highest BCUT2D eigenvalue weighted by atomic mass is 35.5. The van der Waals surface area contributed by atoms with Gasteiger partial charge in [0.1, 0.15) is 5.75 Å². The summed E-state index contributed by atoms with van der Waals surface area (Å²) in [5.41, 5.74) is 1.64. The molecular formula is C17H22ClNO3. The number of rotatable bonds is 3. The standard InChI is InChI=1S/C17H22ClNO3/c1-11-9-12(10-19-5-7-22-8-6-19)17(20)16-13(18)3-4-14(21-2)15(11)16/h3-4,11-12H,5-10H2,1-2H3. The number of carbonyl (C=O) groups excluding carboxylic acids is 1. The molecule has 3 rings (SSSR count). The second kappa shape index (κ2) is 6.57. The molecule has 1 aromatic rings. The third-order valence-electron chi connectivity index (χ3n) is 4.70. The Labute approximate surface area is 136 Å². The van der Waals surface area contributed by atoms with E-state index >= 15 is 0 Å². The van der Waals surface area contributed by atoms with Gasteiger partial charge in [-0.2, -0.15) is 0 Å². The molecule has 1 aromatic carbocycles. The molecule has 120 valence electrons. The van der Waals surface area contributed by atoms with Crippen molar-refractivity contribution in [2.75, 3.05) is 40.0 Å². The van der Waals surface area contributed by atoms with Crippen molar-refractivity contribution in [1.82, 2.24) is 4.90 Å². The third-order valence-corrected chi connectivity index (χ3v) is 5.02. The van der Waals surface area contributed by atoms with Crippen LogP contribution in [0.5, 0.6) is 5.75 Å². The van der Waals surface area contributed by atoms with Crippen molar-refractivity contribution >= 4 is 17.4 Å². The highest BCUT2D eigenvalue weighted by Crippen LogP contribution is 2.43. The van der Waals surface area contributed by atoms with Crippen molar-refractivity contribution < 1.29 is 14.3 Å². The number of carbonyl (C=O) groups is 1. The van der Waals surface area contributed by atoms with E-state index in [0.717, 1.165) is 50.6 Å². The number of nitrogens with zero attached hydrogens (tertiary/aromatic N) is 1. The lowest BCUT2D eigenvalue weighted by Gasteiger charge is -2.35. The first-order valence-electron chi connectivity index (χ1n) is 7.82. The van der Waals surface area contributed by atoms with Gasteiger partial charge in [-0.1, -0.05) is 18.5 Å². The zero-order valence-electron chi connectivity index (χ0n) is 13.1. The number of ether oxygens (including phenoxy) is 2. The van der Waals surface area contributed by atoms with Crippen LogP contribution >= 0.6 is 11.6 Å². The molecule has 22 heavy (non-hydrogen) atoms. The summed E-state index contributed by atoms with van der Waals surface area (Å²) >= 11 is 6.33. The quantitative estimate of drug-likeness (QED) is 0.857. The van der Waals surface area contributed by atoms with Gasteiger partial charge in [0, 0.05) is 36.7 Å². The van der Waals surface area contributed by atoms with Crippen molar-refractivity contribution in [1.29, 1.82) is 0 Å². The van der Waals surface area contributed by atoms with E-state index < -0.39 is 0 Å². The second-order valence-electron chi connectivity index (χ2n) is 6.15. The molecule has 2 aliphatic rings. The fourth-order valence-electron chi connectivity index (χ4n) is 3.60. The van der Waals surface area contributed by atoms with Gasteiger partial charge in [-0.25, -0.2) is 0 Å². The van der Waals surface area contributed by atoms with Crippen LogP contribution in [0.3, 0.4) is 0 Å². The second-order valence-corrected chi connectivity index (χ2v) is 6.56. The molecule has 0 saturated carbocycles. The van der Waals surface area contributed by atoms with Crippen LogP contribution in [-0.4, -0.2) is 50.6 Å². The van der Waals surface area contributed by atoms with Crippen LogP contribution in [0.1, 0.15) is 35.2 Å². The van der Waals surface area contributed by atoms with Crippen molar-refractivity contribution in [3.63, 3.8) is 0 Å². The van der Waals surface area contributed by atoms with Gasteiger partial charge in [0.25, 0.3) is 0 Å². The minimum absolute atomic E-state index is 0.00482. The first-order chi connectivity index (χ1) is 10.6. The summed E-state index contributed by atoms with van der Waals surface area (Å²) in [6.45, 7) is 6.24. The van der Waals surface area contributed by atoms with Gasteiger partial charge in [-0.15, -0.1) is 0 Å². The van der Waals surface area contributed by atoms with E-state index in [1.807, 2.05) is 6.07 Å². The molecule has 4 nitrogen and oxygen atoms in total. The topological polar surface area (TPSA) is 38.8 Å². The molecule has 1 heterocycles. The van der Waals surface area contributed by atoms with E-state index in [9.17, 15) is 4.79 Å². The maximum atomic E-state index is 12.9. The van der Waals surface area contributed by atoms with Crippen LogP contribution < -0.4 is 4.74 Å². The van der Waals surface area contributed by atoms with Gasteiger partial charge in [0.15, 0.2) is 5.78 Å². The highest BCUT2D eigenvalue weighted by molar-refractivity contribution is 6.34. The van der Waals surface area contributed by atoms with Crippen LogP contribution in [0.15, 0.2) is 12.1 Å². The molecule has 1 aliphatic heterocycles. The average molecular weight is 324 g/mol. The van der Waals surface area contributed by atoms with Gasteiger partial charge in [-0.05, 0) is 24.5 Å². The Balaban J connectivity index is 1.88. The molecule has 0 radical (unpaired) electrons. The lowest BCUT2D eigenvalue weighted by atomic mass is 9.76. The fraction of sp³-hybridized carbons (Fsp3) is 0.588. The first-order valence-corrected chi connectivity index (χ1v) is 8.20. The largest absolute Gasteiger partial charge is 0.496 e. The monoisotopic (exact) mass is 323 g/mol. The summed E-state index contributed by atoms with van der Waals surface area (Å²) in [4.78, 5) is 15.2. The van der Waals surface area contributed by atoms with Crippen LogP contribution in [0, 0.1) is 5.92 Å². The average Bonchev–Trinajstić information content (AvgIpc) is 2.53. The Morgan fingerprint density at radius 2 is 2.09 bits per heavy atom. The summed E-state index contributed by atoms with van der Waals surface area (Å²) in [6, 6.07) is 3.62. The third kappa shape index (κ3) is 2.87. The highest BCUT2D eigenvalue weighted by Gasteiger charge is 2.36. The molecular weight excluding hydrogens is 302 g/mol. The Morgan fingerprint density at radius 3 is 2.77 bits per heavy atom. The number of halogens is 1. The molecule has 0 spiro atoms. The number of benzene rings is 1. The van der Waals surface area contributed by atoms with Crippen LogP contribution in [0.4, 0.5) is 0 Å². The summed E-state index contributed by atoms with van der Waals surface area (Å²) in [5, 5.41) is 0.541. The van der Waals surface area contributed by atoms with Crippen molar-refractivity contribution in [3.8, 4) is 5.75 Å². The minimum Gasteiger partial charge on any atom is -0.496 e. The van der Waals surface area contributed by atoms with Gasteiger partial charge in [0.05, 0.1) is 25.3 Å². The number of Topliss-reactive ketones (excluding diaryl/α,β-unsaturated/α-hetero) is 1. The summed E-state index contributed by atoms with van der Waals surface area (Å²) < 4.78 is 10.8. The van der Waals surface area contributed by atoms with E-state index in [0.29, 0.717) is 10.6 Å². The Bertz CT molecular complexity index is 569. The zero-order chi connectivity index (χ0) is 15.7. The molecule has 0 N–H and O–H groups in total. The van der Waals surface area contributed by atoms with E-state index in [-0.39, 0.29) is 17.6 Å². The maximum Gasteiger partial charge on any atom is 0.169 e. The van der Waals surface area contributed by atoms with E-state index in [1.54, 1.807) is 13.2 Å². The van der Waals surface area contributed by atoms with E-state index in [4.69, 9.17) is 21.1 Å². The predicted octanol–water partition coefficient (Wildman–Crippen LogP) is 2.99. The lowest BCUT2D eigenvalue weighted by Crippen LogP contribution is -2.42. The van der Waals surface area contributed by atoms with Gasteiger partial charge >= 0.3 is 0 Å². The van der Waals surface area contributed by atoms with Crippen LogP contribution in [0.25, 0.3) is 0 Å². The predicted molar refractivity (Wildman–Crippen MR) is 86.1 cm³/mol. The number of ketones is 1. The molecule has 2 unspecified atom stereocenters. The molecule has 2 atom stereocenters. The molecule has 0 bridgehead atoms. The molecule has 1 aliphatic carbocycles. The molecule has 1 fully saturated rings. The lowest BCUT2D eigenvalue weighted by molar-refractivity contribution is 0.0286. The molecule has 1 saturated heterocycles. The van der Waals surface area contributed by atoms with Crippen molar-refractivity contribution in [2.45, 2.75) is 19.3 Å². The van der Waals surface area contributed by atoms with Crippen LogP contribution in [0.2, 0.25) is 5.02 Å². The molecule has 0 amide bonds. The Morgan fingerprint density at radius 1 is 1.36 bits per heavy atom. The molecule has 0 aromatic heterocycles. The SMILES string of the molecule is COc1ccc(Cl)c2c1C(C)CC(CN1CCOCC1)C2=O. The summed E-state index contributed by atoms with van der Waals surface area (Å²) in [6.07, 6.45) is 0.847. The van der Waals surface area contributed by atoms with Crippen molar-refractivity contribution in [3.05, 3.63) is 28.3 Å².